The predicted molar refractivity (Wildman–Crippen MR) is 117 cm³/mol. The van der Waals surface area contributed by atoms with E-state index < -0.39 is 10.3 Å². The quantitative estimate of drug-likeness (QED) is 0.418. The van der Waals surface area contributed by atoms with Gasteiger partial charge in [-0.3, -0.25) is 14.9 Å². The smallest absolute Gasteiger partial charge is 0.331 e. The minimum Gasteiger partial charge on any atom is -0.493 e. The van der Waals surface area contributed by atoms with Gasteiger partial charge in [-0.15, -0.1) is 0 Å². The van der Waals surface area contributed by atoms with Crippen LogP contribution in [0, 0.1) is 21.4 Å². The van der Waals surface area contributed by atoms with Crippen LogP contribution >= 0.6 is 0 Å². The fourth-order valence-electron chi connectivity index (χ4n) is 2.86. The Hall–Kier alpha value is -4.45. The molecule has 0 fully saturated rings. The maximum absolute atomic E-state index is 12.8. The molecule has 0 aliphatic carbocycles. The van der Waals surface area contributed by atoms with E-state index in [4.69, 9.17) is 9.47 Å². The number of benzene rings is 2. The Balaban J connectivity index is 1.88. The van der Waals surface area contributed by atoms with Crippen molar-refractivity contribution >= 4 is 17.3 Å². The van der Waals surface area contributed by atoms with E-state index in [0.717, 1.165) is 0 Å². The highest BCUT2D eigenvalue weighted by Crippen LogP contribution is 2.36. The highest BCUT2D eigenvalue weighted by molar-refractivity contribution is 6.04. The lowest BCUT2D eigenvalue weighted by molar-refractivity contribution is -0.386. The van der Waals surface area contributed by atoms with Crippen LogP contribution in [-0.2, 0) is 5.41 Å². The van der Waals surface area contributed by atoms with Crippen molar-refractivity contribution in [2.24, 2.45) is 0 Å². The largest absolute Gasteiger partial charge is 0.493 e. The molecule has 0 radical (unpaired) electrons. The minimum atomic E-state index is -0.741. The number of nitro groups is 1. The minimum absolute atomic E-state index is 0.145. The maximum atomic E-state index is 12.8. The monoisotopic (exact) mass is 432 g/mol. The summed E-state index contributed by atoms with van der Waals surface area (Å²) in [6.07, 6.45) is 1.37. The van der Waals surface area contributed by atoms with E-state index in [1.54, 1.807) is 50.2 Å². The van der Waals surface area contributed by atoms with Gasteiger partial charge in [0.15, 0.2) is 11.5 Å². The van der Waals surface area contributed by atoms with Crippen LogP contribution in [0.5, 0.6) is 17.4 Å². The second kappa shape index (κ2) is 9.14. The number of anilines is 1. The van der Waals surface area contributed by atoms with E-state index in [0.29, 0.717) is 22.6 Å². The van der Waals surface area contributed by atoms with Gasteiger partial charge in [0.05, 0.1) is 23.5 Å². The van der Waals surface area contributed by atoms with Gasteiger partial charge in [0, 0.05) is 29.6 Å². The van der Waals surface area contributed by atoms with E-state index >= 15 is 0 Å². The number of amides is 1. The van der Waals surface area contributed by atoms with E-state index in [1.807, 2.05) is 0 Å². The lowest BCUT2D eigenvalue weighted by Crippen LogP contribution is -2.17. The van der Waals surface area contributed by atoms with Gasteiger partial charge < -0.3 is 14.8 Å². The van der Waals surface area contributed by atoms with Gasteiger partial charge in [0.1, 0.15) is 0 Å². The molecule has 3 rings (SSSR count). The molecule has 9 heteroatoms. The summed E-state index contributed by atoms with van der Waals surface area (Å²) in [7, 11) is 1.43. The number of nitriles is 1. The van der Waals surface area contributed by atoms with E-state index in [-0.39, 0.29) is 23.2 Å². The number of pyridine rings is 1. The molecule has 0 aliphatic heterocycles. The molecule has 9 nitrogen and oxygen atoms in total. The molecule has 0 bridgehead atoms. The normalized spacial score (nSPS) is 10.7. The zero-order chi connectivity index (χ0) is 23.3. The number of rotatable bonds is 7. The first-order valence-corrected chi connectivity index (χ1v) is 9.53. The van der Waals surface area contributed by atoms with Crippen molar-refractivity contribution < 1.29 is 19.2 Å². The number of carbonyl (C=O) groups excluding carboxylic acids is 1. The summed E-state index contributed by atoms with van der Waals surface area (Å²) < 4.78 is 10.9. The van der Waals surface area contributed by atoms with Gasteiger partial charge in [-0.05, 0) is 49.7 Å². The number of hydrogen-bond donors (Lipinski definition) is 1. The molecule has 0 unspecified atom stereocenters. The number of ether oxygens (including phenoxy) is 2. The van der Waals surface area contributed by atoms with Crippen molar-refractivity contribution in [1.82, 2.24) is 4.98 Å². The van der Waals surface area contributed by atoms with Gasteiger partial charge in [-0.25, -0.2) is 4.98 Å². The van der Waals surface area contributed by atoms with Crippen LogP contribution in [0.2, 0.25) is 0 Å². The standard InChI is InChI=1S/C23H20N4O5/c1-23(2,14-24)16-7-4-6-15(12-16)21(28)26-17-9-10-19(31-3)20(13-17)32-22-18(27(29)30)8-5-11-25-22/h4-13H,1-3H3,(H,26,28). The summed E-state index contributed by atoms with van der Waals surface area (Å²) in [4.78, 5) is 27.3. The van der Waals surface area contributed by atoms with Crippen molar-refractivity contribution in [3.05, 3.63) is 82.0 Å². The van der Waals surface area contributed by atoms with Crippen molar-refractivity contribution in [3.8, 4) is 23.4 Å². The lowest BCUT2D eigenvalue weighted by atomic mass is 9.85. The molecule has 1 N–H and O–H groups in total. The molecule has 32 heavy (non-hydrogen) atoms. The second-order valence-electron chi connectivity index (χ2n) is 7.32. The van der Waals surface area contributed by atoms with Gasteiger partial charge in [-0.2, -0.15) is 5.26 Å². The fraction of sp³-hybridized carbons (Fsp3) is 0.174. The predicted octanol–water partition coefficient (Wildman–Crippen LogP) is 4.84. The highest BCUT2D eigenvalue weighted by Gasteiger charge is 2.22. The Kier molecular flexibility index (Phi) is 6.35. The molecule has 0 atom stereocenters. The maximum Gasteiger partial charge on any atom is 0.331 e. The molecule has 0 aliphatic rings. The average Bonchev–Trinajstić information content (AvgIpc) is 2.79. The van der Waals surface area contributed by atoms with Crippen molar-refractivity contribution in [2.45, 2.75) is 19.3 Å². The molecular formula is C23H20N4O5. The van der Waals surface area contributed by atoms with Crippen LogP contribution in [0.25, 0.3) is 0 Å². The molecule has 1 amide bonds. The van der Waals surface area contributed by atoms with Gasteiger partial charge >= 0.3 is 5.69 Å². The molecule has 0 spiro atoms. The summed E-state index contributed by atoms with van der Waals surface area (Å²) in [5.74, 6) is -0.140. The van der Waals surface area contributed by atoms with Gasteiger partial charge in [-0.1, -0.05) is 12.1 Å². The molecule has 162 valence electrons. The third-order valence-electron chi connectivity index (χ3n) is 4.70. The van der Waals surface area contributed by atoms with Gasteiger partial charge in [0.2, 0.25) is 0 Å². The van der Waals surface area contributed by atoms with Crippen LogP contribution < -0.4 is 14.8 Å². The first kappa shape index (κ1) is 22.2. The summed E-state index contributed by atoms with van der Waals surface area (Å²) in [5.41, 5.74) is 0.433. The number of nitrogens with zero attached hydrogens (tertiary/aromatic N) is 3. The zero-order valence-electron chi connectivity index (χ0n) is 17.7. The van der Waals surface area contributed by atoms with Crippen molar-refractivity contribution in [2.75, 3.05) is 12.4 Å². The summed E-state index contributed by atoms with van der Waals surface area (Å²) in [5, 5.41) is 23.3. The van der Waals surface area contributed by atoms with Crippen LogP contribution in [0.15, 0.2) is 60.8 Å². The van der Waals surface area contributed by atoms with Crippen molar-refractivity contribution in [1.29, 1.82) is 5.26 Å². The molecule has 1 aromatic heterocycles. The summed E-state index contributed by atoms with van der Waals surface area (Å²) in [6.45, 7) is 3.54. The molecule has 2 aromatic carbocycles. The Morgan fingerprint density at radius 3 is 2.62 bits per heavy atom. The molecule has 0 saturated heterocycles. The fourth-order valence-corrected chi connectivity index (χ4v) is 2.86. The summed E-state index contributed by atoms with van der Waals surface area (Å²) >= 11 is 0. The average molecular weight is 432 g/mol. The Morgan fingerprint density at radius 2 is 1.94 bits per heavy atom. The number of carbonyl (C=O) groups is 1. The highest BCUT2D eigenvalue weighted by atomic mass is 16.6. The first-order chi connectivity index (χ1) is 15.2. The first-order valence-electron chi connectivity index (χ1n) is 9.53. The van der Waals surface area contributed by atoms with Gasteiger partial charge in [0.25, 0.3) is 11.8 Å². The SMILES string of the molecule is COc1ccc(NC(=O)c2cccc(C(C)(C)C#N)c2)cc1Oc1ncccc1[N+](=O)[O-]. The van der Waals surface area contributed by atoms with Crippen LogP contribution in [0.4, 0.5) is 11.4 Å². The lowest BCUT2D eigenvalue weighted by Gasteiger charge is -2.17. The Morgan fingerprint density at radius 1 is 1.16 bits per heavy atom. The Labute approximate surface area is 184 Å². The third kappa shape index (κ3) is 4.82. The number of methoxy groups -OCH3 is 1. The zero-order valence-corrected chi connectivity index (χ0v) is 17.7. The number of aromatic nitrogens is 1. The molecule has 1 heterocycles. The van der Waals surface area contributed by atoms with Crippen LogP contribution in [0.1, 0.15) is 29.8 Å². The molecular weight excluding hydrogens is 412 g/mol. The van der Waals surface area contributed by atoms with E-state index in [2.05, 4.69) is 16.4 Å². The van der Waals surface area contributed by atoms with E-state index in [9.17, 15) is 20.2 Å². The van der Waals surface area contributed by atoms with Crippen LogP contribution in [0.3, 0.4) is 0 Å². The summed E-state index contributed by atoms with van der Waals surface area (Å²) in [6, 6.07) is 16.4. The third-order valence-corrected chi connectivity index (χ3v) is 4.70. The second-order valence-corrected chi connectivity index (χ2v) is 7.32. The number of hydrogen-bond acceptors (Lipinski definition) is 7. The molecule has 3 aromatic rings. The van der Waals surface area contributed by atoms with Crippen LogP contribution in [-0.4, -0.2) is 22.9 Å². The topological polar surface area (TPSA) is 127 Å². The van der Waals surface area contributed by atoms with Crippen molar-refractivity contribution in [3.63, 3.8) is 0 Å². The number of nitrogens with one attached hydrogen (secondary N) is 1. The Bertz CT molecular complexity index is 1220. The van der Waals surface area contributed by atoms with E-state index in [1.165, 1.54) is 31.5 Å². The molecule has 0 saturated carbocycles.